The van der Waals surface area contributed by atoms with E-state index in [-0.39, 0.29) is 11.6 Å². The summed E-state index contributed by atoms with van der Waals surface area (Å²) in [5, 5.41) is 0. The molecule has 0 radical (unpaired) electrons. The first kappa shape index (κ1) is 23.9. The van der Waals surface area contributed by atoms with E-state index in [1.54, 1.807) is 24.3 Å². The molecule has 0 saturated carbocycles. The molecule has 2 aliphatic rings. The van der Waals surface area contributed by atoms with E-state index in [0.717, 1.165) is 12.8 Å². The van der Waals surface area contributed by atoms with Crippen LogP contribution in [0.15, 0.2) is 88.5 Å². The van der Waals surface area contributed by atoms with Gasteiger partial charge in [0, 0.05) is 0 Å². The summed E-state index contributed by atoms with van der Waals surface area (Å²) in [6, 6.07) is 12.3. The van der Waals surface area contributed by atoms with Gasteiger partial charge in [0.1, 0.15) is 0 Å². The van der Waals surface area contributed by atoms with E-state index >= 15 is 0 Å². The minimum absolute atomic E-state index is 0.308. The molecule has 0 heterocycles. The first-order chi connectivity index (χ1) is 15.6. The number of allylic oxidation sites excluding steroid dienone is 8. The Morgan fingerprint density at radius 1 is 0.545 bits per heavy atom. The maximum absolute atomic E-state index is 13.7. The van der Waals surface area contributed by atoms with Gasteiger partial charge in [0.25, 0.3) is 0 Å². The first-order valence-electron chi connectivity index (χ1n) is 11.3. The fraction of sp³-hybridized carbons (Fsp3) is 0.286. The van der Waals surface area contributed by atoms with Gasteiger partial charge in [-0.1, -0.05) is 0 Å². The standard InChI is InChI=1S/2C8H11.2C6H5FO.Zr/c2*1-6-4-5-7(2)8(6)3;2*7-5-1-3-6(8)4-2-5;/h2*4H2,1-3H3;2*1-4,8H;/q;;;;+2/p-2. The zero-order valence-electron chi connectivity index (χ0n) is 20.1. The molecule has 2 nitrogen and oxygen atoms in total. The Kier molecular flexibility index (Phi) is 6.64. The summed E-state index contributed by atoms with van der Waals surface area (Å²) in [6.07, 6.45) is 1.59. The van der Waals surface area contributed by atoms with Gasteiger partial charge in [0.05, 0.1) is 0 Å². The second-order valence-corrected chi connectivity index (χ2v) is 16.1. The molecule has 0 spiro atoms. The van der Waals surface area contributed by atoms with Crippen molar-refractivity contribution < 1.29 is 35.6 Å². The molecule has 0 aliphatic heterocycles. The molecule has 0 N–H and O–H groups in total. The number of benzene rings is 2. The fourth-order valence-electron chi connectivity index (χ4n) is 4.67. The monoisotopic (exact) mass is 526 g/mol. The van der Waals surface area contributed by atoms with Crippen LogP contribution in [0.4, 0.5) is 8.78 Å². The van der Waals surface area contributed by atoms with Gasteiger partial charge < -0.3 is 0 Å². The zero-order valence-corrected chi connectivity index (χ0v) is 22.6. The Labute approximate surface area is 201 Å². The van der Waals surface area contributed by atoms with Crippen LogP contribution in [0.3, 0.4) is 0 Å². The Hall–Kier alpha value is -2.26. The van der Waals surface area contributed by atoms with Crippen molar-refractivity contribution in [2.75, 3.05) is 0 Å². The van der Waals surface area contributed by atoms with E-state index in [2.05, 4.69) is 41.5 Å². The normalized spacial score (nSPS) is 17.0. The number of hydrogen-bond acceptors (Lipinski definition) is 2. The van der Waals surface area contributed by atoms with Gasteiger partial charge >= 0.3 is 202 Å². The van der Waals surface area contributed by atoms with E-state index in [1.807, 2.05) is 0 Å². The van der Waals surface area contributed by atoms with Gasteiger partial charge in [0.15, 0.2) is 0 Å². The Morgan fingerprint density at radius 3 is 1.15 bits per heavy atom. The molecule has 172 valence electrons. The van der Waals surface area contributed by atoms with Crippen molar-refractivity contribution in [2.45, 2.75) is 54.4 Å². The second kappa shape index (κ2) is 9.18. The molecule has 4 rings (SSSR count). The van der Waals surface area contributed by atoms with Crippen LogP contribution < -0.4 is 5.63 Å². The zero-order chi connectivity index (χ0) is 23.9. The van der Waals surface area contributed by atoms with Crippen molar-refractivity contribution in [1.29, 1.82) is 0 Å². The third kappa shape index (κ3) is 4.45. The Bertz CT molecular complexity index is 1120. The molecule has 33 heavy (non-hydrogen) atoms. The summed E-state index contributed by atoms with van der Waals surface area (Å²) in [6.45, 7) is 12.9. The average Bonchev–Trinajstić information content (AvgIpc) is 3.21. The fourth-order valence-corrected chi connectivity index (χ4v) is 15.0. The molecule has 0 unspecified atom stereocenters. The van der Waals surface area contributed by atoms with Crippen LogP contribution in [0.25, 0.3) is 0 Å². The van der Waals surface area contributed by atoms with Crippen LogP contribution in [0.5, 0.6) is 11.5 Å². The topological polar surface area (TPSA) is 18.5 Å². The predicted molar refractivity (Wildman–Crippen MR) is 125 cm³/mol. The number of rotatable bonds is 6. The van der Waals surface area contributed by atoms with E-state index in [0.29, 0.717) is 11.5 Å². The number of hydrogen-bond donors (Lipinski definition) is 0. The van der Waals surface area contributed by atoms with Crippen LogP contribution in [-0.4, -0.2) is 0 Å². The molecule has 0 amide bonds. The summed E-state index contributed by atoms with van der Waals surface area (Å²) in [4.78, 5) is 0. The van der Waals surface area contributed by atoms with Gasteiger partial charge in [-0.3, -0.25) is 0 Å². The number of halogens is 2. The van der Waals surface area contributed by atoms with Gasteiger partial charge in [-0.25, -0.2) is 0 Å². The SMILES string of the molecule is CC1=C(C)C(C)=[C]([Zr]([O]c2ccc(F)cc2)([O]c2ccc(F)cc2)[C]2=C(C)C(C)=C(C)C2)C1. The molecule has 5 heteroatoms. The van der Waals surface area contributed by atoms with Crippen LogP contribution in [-0.2, 0) is 21.1 Å². The van der Waals surface area contributed by atoms with Gasteiger partial charge in [-0.05, 0) is 0 Å². The Morgan fingerprint density at radius 2 is 0.879 bits per heavy atom. The summed E-state index contributed by atoms with van der Waals surface area (Å²) in [5.41, 5.74) is 7.60. The summed E-state index contributed by atoms with van der Waals surface area (Å²) >= 11 is -4.36. The summed E-state index contributed by atoms with van der Waals surface area (Å²) < 4.78 is 43.8. The predicted octanol–water partition coefficient (Wildman–Crippen LogP) is 8.43. The Balaban J connectivity index is 1.95. The maximum atomic E-state index is 13.7. The molecule has 2 aromatic rings. The van der Waals surface area contributed by atoms with Crippen molar-refractivity contribution in [3.8, 4) is 11.5 Å². The third-order valence-electron chi connectivity index (χ3n) is 7.14. The van der Waals surface area contributed by atoms with Crippen molar-refractivity contribution in [3.63, 3.8) is 0 Å². The van der Waals surface area contributed by atoms with Crippen molar-refractivity contribution in [2.24, 2.45) is 0 Å². The first-order valence-corrected chi connectivity index (χ1v) is 15.7. The van der Waals surface area contributed by atoms with Crippen LogP contribution in [0, 0.1) is 11.6 Å². The molecule has 0 saturated heterocycles. The quantitative estimate of drug-likeness (QED) is 0.375. The molecule has 0 fully saturated rings. The van der Waals surface area contributed by atoms with Crippen LogP contribution >= 0.6 is 0 Å². The van der Waals surface area contributed by atoms with E-state index in [9.17, 15) is 8.78 Å². The molecule has 2 aromatic carbocycles. The van der Waals surface area contributed by atoms with Crippen molar-refractivity contribution >= 4 is 0 Å². The molecular weight excluding hydrogens is 498 g/mol. The van der Waals surface area contributed by atoms with Gasteiger partial charge in [-0.2, -0.15) is 0 Å². The van der Waals surface area contributed by atoms with Gasteiger partial charge in [-0.15, -0.1) is 0 Å². The molecule has 0 bridgehead atoms. The third-order valence-corrected chi connectivity index (χ3v) is 16.3. The summed E-state index contributed by atoms with van der Waals surface area (Å²) in [5.74, 6) is 0.576. The molecule has 2 aliphatic carbocycles. The van der Waals surface area contributed by atoms with Crippen LogP contribution in [0.1, 0.15) is 54.4 Å². The van der Waals surface area contributed by atoms with Crippen molar-refractivity contribution in [3.05, 3.63) is 100 Å². The average molecular weight is 528 g/mol. The molecule has 0 aromatic heterocycles. The summed E-state index contributed by atoms with van der Waals surface area (Å²) in [7, 11) is 0. The second-order valence-electron chi connectivity index (χ2n) is 9.10. The van der Waals surface area contributed by atoms with E-state index in [1.165, 1.54) is 64.3 Å². The molecule has 0 atom stereocenters. The van der Waals surface area contributed by atoms with E-state index < -0.39 is 21.1 Å². The molecular formula is C28H30F2O2Zr. The minimum atomic E-state index is -4.36. The van der Waals surface area contributed by atoms with Crippen LogP contribution in [0.2, 0.25) is 0 Å². The van der Waals surface area contributed by atoms with Crippen molar-refractivity contribution in [1.82, 2.24) is 0 Å². The van der Waals surface area contributed by atoms with E-state index in [4.69, 9.17) is 5.63 Å². The van der Waals surface area contributed by atoms with Gasteiger partial charge in [0.2, 0.25) is 0 Å².